The van der Waals surface area contributed by atoms with Gasteiger partial charge in [-0.15, -0.1) is 0 Å². The van der Waals surface area contributed by atoms with Gasteiger partial charge in [0, 0.05) is 50.7 Å². The lowest BCUT2D eigenvalue weighted by Gasteiger charge is -2.23. The van der Waals surface area contributed by atoms with Gasteiger partial charge < -0.3 is 9.80 Å². The first-order valence-electron chi connectivity index (χ1n) is 9.84. The first-order chi connectivity index (χ1) is 13.3. The summed E-state index contributed by atoms with van der Waals surface area (Å²) in [5, 5.41) is 0. The fraction of sp³-hybridized carbons (Fsp3) is 0.320. The van der Waals surface area contributed by atoms with Gasteiger partial charge in [-0.05, 0) is 66.3 Å². The number of carbonyl (C=O) groups excluding carboxylic acids is 1. The van der Waals surface area contributed by atoms with Crippen LogP contribution < -0.4 is 9.80 Å². The summed E-state index contributed by atoms with van der Waals surface area (Å²) in [7, 11) is 8.12. The number of rotatable bonds is 4. The van der Waals surface area contributed by atoms with Gasteiger partial charge in [-0.2, -0.15) is 0 Å². The van der Waals surface area contributed by atoms with E-state index in [9.17, 15) is 4.79 Å². The summed E-state index contributed by atoms with van der Waals surface area (Å²) < 4.78 is 0. The lowest BCUT2D eigenvalue weighted by atomic mass is 9.81. The highest BCUT2D eigenvalue weighted by molar-refractivity contribution is 6.14. The van der Waals surface area contributed by atoms with E-state index in [1.54, 1.807) is 0 Å². The molecule has 0 aliphatic heterocycles. The number of nitrogens with zero attached hydrogens (tertiary/aromatic N) is 2. The highest BCUT2D eigenvalue weighted by atomic mass is 16.1. The average Bonchev–Trinajstić information content (AvgIpc) is 2.66. The summed E-state index contributed by atoms with van der Waals surface area (Å²) in [5.41, 5.74) is 6.30. The van der Waals surface area contributed by atoms with Crippen molar-refractivity contribution < 1.29 is 4.79 Å². The van der Waals surface area contributed by atoms with Crippen molar-refractivity contribution in [2.24, 2.45) is 5.92 Å². The molecule has 0 aromatic heterocycles. The molecule has 28 heavy (non-hydrogen) atoms. The fourth-order valence-corrected chi connectivity index (χ4v) is 3.60. The molecule has 0 saturated heterocycles. The van der Waals surface area contributed by atoms with Crippen molar-refractivity contribution in [3.8, 4) is 0 Å². The SMILES string of the molecule is CC1CC(=Cc2ccc(N(C)C)cc2)C(=O)/C(=C/c2ccc(N(C)C)cc2)C1. The lowest BCUT2D eigenvalue weighted by Crippen LogP contribution is -2.18. The van der Waals surface area contributed by atoms with Crippen molar-refractivity contribution in [1.82, 2.24) is 0 Å². The smallest absolute Gasteiger partial charge is 0.185 e. The van der Waals surface area contributed by atoms with Crippen molar-refractivity contribution in [3.05, 3.63) is 70.8 Å². The number of anilines is 2. The molecule has 0 heterocycles. The van der Waals surface area contributed by atoms with E-state index < -0.39 is 0 Å². The minimum absolute atomic E-state index is 0.187. The van der Waals surface area contributed by atoms with Crippen molar-refractivity contribution in [2.45, 2.75) is 19.8 Å². The Labute approximate surface area is 169 Å². The Kier molecular flexibility index (Phi) is 6.03. The molecule has 3 nitrogen and oxygen atoms in total. The summed E-state index contributed by atoms with van der Waals surface area (Å²) in [6.45, 7) is 2.22. The molecule has 0 spiro atoms. The molecule has 0 amide bonds. The quantitative estimate of drug-likeness (QED) is 0.680. The molecule has 1 fully saturated rings. The second kappa shape index (κ2) is 8.47. The van der Waals surface area contributed by atoms with E-state index in [2.05, 4.69) is 77.4 Å². The van der Waals surface area contributed by atoms with Crippen LogP contribution in [-0.4, -0.2) is 34.0 Å². The van der Waals surface area contributed by atoms with Crippen LogP contribution in [-0.2, 0) is 4.79 Å². The number of allylic oxidation sites excluding steroid dienone is 2. The van der Waals surface area contributed by atoms with Gasteiger partial charge in [-0.25, -0.2) is 0 Å². The van der Waals surface area contributed by atoms with Gasteiger partial charge in [0.05, 0.1) is 0 Å². The molecule has 0 bridgehead atoms. The van der Waals surface area contributed by atoms with Crippen molar-refractivity contribution in [2.75, 3.05) is 38.0 Å². The Morgan fingerprint density at radius 2 is 1.07 bits per heavy atom. The molecule has 1 unspecified atom stereocenters. The first-order valence-corrected chi connectivity index (χ1v) is 9.84. The van der Waals surface area contributed by atoms with Gasteiger partial charge in [0.25, 0.3) is 0 Å². The Morgan fingerprint density at radius 3 is 1.39 bits per heavy atom. The normalized spacial score (nSPS) is 19.9. The Bertz CT molecular complexity index is 814. The summed E-state index contributed by atoms with van der Waals surface area (Å²) in [4.78, 5) is 17.2. The molecule has 0 N–H and O–H groups in total. The zero-order chi connectivity index (χ0) is 20.3. The van der Waals surface area contributed by atoms with Crippen LogP contribution >= 0.6 is 0 Å². The third-order valence-corrected chi connectivity index (χ3v) is 5.22. The molecule has 146 valence electrons. The van der Waals surface area contributed by atoms with Crippen LogP contribution in [0.5, 0.6) is 0 Å². The van der Waals surface area contributed by atoms with Crippen LogP contribution in [0.1, 0.15) is 30.9 Å². The van der Waals surface area contributed by atoms with Gasteiger partial charge in [0.15, 0.2) is 5.78 Å². The van der Waals surface area contributed by atoms with Gasteiger partial charge in [0.1, 0.15) is 0 Å². The van der Waals surface area contributed by atoms with Gasteiger partial charge >= 0.3 is 0 Å². The highest BCUT2D eigenvalue weighted by Gasteiger charge is 2.25. The number of benzene rings is 2. The molecule has 0 radical (unpaired) electrons. The van der Waals surface area contributed by atoms with Crippen LogP contribution in [0.3, 0.4) is 0 Å². The van der Waals surface area contributed by atoms with Gasteiger partial charge in [-0.1, -0.05) is 31.2 Å². The Morgan fingerprint density at radius 1 is 0.714 bits per heavy atom. The van der Waals surface area contributed by atoms with E-state index in [0.717, 1.165) is 46.5 Å². The monoisotopic (exact) mass is 374 g/mol. The van der Waals surface area contributed by atoms with E-state index >= 15 is 0 Å². The van der Waals surface area contributed by atoms with Crippen LogP contribution in [0.2, 0.25) is 0 Å². The van der Waals surface area contributed by atoms with E-state index in [1.807, 2.05) is 28.2 Å². The van der Waals surface area contributed by atoms with Gasteiger partial charge in [0.2, 0.25) is 0 Å². The summed E-state index contributed by atoms with van der Waals surface area (Å²) in [5.74, 6) is 0.656. The van der Waals surface area contributed by atoms with Crippen molar-refractivity contribution in [3.63, 3.8) is 0 Å². The van der Waals surface area contributed by atoms with Crippen LogP contribution in [0.4, 0.5) is 11.4 Å². The highest BCUT2D eigenvalue weighted by Crippen LogP contribution is 2.32. The second-order valence-electron chi connectivity index (χ2n) is 8.15. The molecular formula is C25H30N2O. The average molecular weight is 375 g/mol. The summed E-state index contributed by atoms with van der Waals surface area (Å²) in [6, 6.07) is 16.7. The number of carbonyl (C=O) groups is 1. The third-order valence-electron chi connectivity index (χ3n) is 5.22. The van der Waals surface area contributed by atoms with Crippen LogP contribution in [0.25, 0.3) is 12.2 Å². The molecule has 2 aromatic carbocycles. The predicted molar refractivity (Wildman–Crippen MR) is 121 cm³/mol. The Balaban J connectivity index is 1.85. The minimum Gasteiger partial charge on any atom is -0.378 e. The maximum Gasteiger partial charge on any atom is 0.185 e. The predicted octanol–water partition coefficient (Wildman–Crippen LogP) is 5.28. The largest absolute Gasteiger partial charge is 0.378 e. The standard InChI is InChI=1S/C25H30N2O/c1-18-14-21(16-19-6-10-23(11-7-19)26(2)3)25(28)22(15-18)17-20-8-12-24(13-9-20)27(4)5/h6-13,16-18H,14-15H2,1-5H3/b21-16+,22-17?. The van der Waals surface area contributed by atoms with Crippen LogP contribution in [0, 0.1) is 5.92 Å². The third kappa shape index (κ3) is 4.72. The molecular weight excluding hydrogens is 344 g/mol. The lowest BCUT2D eigenvalue weighted by molar-refractivity contribution is -0.113. The molecule has 1 atom stereocenters. The van der Waals surface area contributed by atoms with E-state index in [-0.39, 0.29) is 5.78 Å². The van der Waals surface area contributed by atoms with E-state index in [1.165, 1.54) is 0 Å². The van der Waals surface area contributed by atoms with Crippen LogP contribution in [0.15, 0.2) is 59.7 Å². The molecule has 1 aliphatic rings. The molecule has 2 aromatic rings. The van der Waals surface area contributed by atoms with Crippen molar-refractivity contribution >= 4 is 29.3 Å². The number of ketones is 1. The first kappa shape index (κ1) is 19.9. The topological polar surface area (TPSA) is 23.6 Å². The number of hydrogen-bond acceptors (Lipinski definition) is 3. The number of hydrogen-bond donors (Lipinski definition) is 0. The summed E-state index contributed by atoms with van der Waals surface area (Å²) in [6.07, 6.45) is 5.79. The summed E-state index contributed by atoms with van der Waals surface area (Å²) >= 11 is 0. The fourth-order valence-electron chi connectivity index (χ4n) is 3.60. The van der Waals surface area contributed by atoms with E-state index in [4.69, 9.17) is 0 Å². The maximum atomic E-state index is 13.1. The van der Waals surface area contributed by atoms with Crippen molar-refractivity contribution in [1.29, 1.82) is 0 Å². The number of Topliss-reactive ketones (excluding diaryl/α,β-unsaturated/α-hetero) is 1. The zero-order valence-electron chi connectivity index (χ0n) is 17.6. The maximum absolute atomic E-state index is 13.1. The van der Waals surface area contributed by atoms with Gasteiger partial charge in [-0.3, -0.25) is 4.79 Å². The minimum atomic E-state index is 0.187. The molecule has 1 aliphatic carbocycles. The molecule has 3 rings (SSSR count). The molecule has 3 heteroatoms. The Hall–Kier alpha value is -2.81. The molecule has 1 saturated carbocycles. The second-order valence-corrected chi connectivity index (χ2v) is 8.15. The van der Waals surface area contributed by atoms with E-state index in [0.29, 0.717) is 5.92 Å². The zero-order valence-corrected chi connectivity index (χ0v) is 17.6.